The van der Waals surface area contributed by atoms with Crippen molar-refractivity contribution in [1.82, 2.24) is 15.0 Å². The van der Waals surface area contributed by atoms with Crippen LogP contribution in [0.4, 0.5) is 10.2 Å². The number of rotatable bonds is 5. The second kappa shape index (κ2) is 8.51. The minimum atomic E-state index is -0.587. The molecule has 10 heteroatoms. The molecule has 1 saturated heterocycles. The summed E-state index contributed by atoms with van der Waals surface area (Å²) in [5.41, 5.74) is 0.0730. The molecule has 1 aromatic carbocycles. The fourth-order valence-electron chi connectivity index (χ4n) is 2.57. The summed E-state index contributed by atoms with van der Waals surface area (Å²) in [7, 11) is 0. The van der Waals surface area contributed by atoms with E-state index in [-0.39, 0.29) is 24.2 Å². The third-order valence-electron chi connectivity index (χ3n) is 3.97. The molecule has 2 aromatic rings. The molecule has 0 radical (unpaired) electrons. The van der Waals surface area contributed by atoms with Gasteiger partial charge in [0.25, 0.3) is 0 Å². The Morgan fingerprint density at radius 2 is 2.07 bits per heavy atom. The molecule has 8 nitrogen and oxygen atoms in total. The Balaban J connectivity index is 1.57. The van der Waals surface area contributed by atoms with Crippen molar-refractivity contribution in [1.29, 1.82) is 0 Å². The van der Waals surface area contributed by atoms with Gasteiger partial charge in [-0.2, -0.15) is 5.06 Å². The van der Waals surface area contributed by atoms with E-state index in [9.17, 15) is 14.0 Å². The Hall–Kier alpha value is -2.75. The molecule has 1 aliphatic heterocycles. The molecule has 0 unspecified atom stereocenters. The number of halogens is 2. The lowest BCUT2D eigenvalue weighted by Gasteiger charge is -2.39. The zero-order chi connectivity index (χ0) is 20.3. The van der Waals surface area contributed by atoms with E-state index in [1.54, 1.807) is 13.0 Å². The number of carbonyl (C=O) groups excluding carboxylic acids is 2. The van der Waals surface area contributed by atoms with Gasteiger partial charge >= 0.3 is 11.9 Å². The Morgan fingerprint density at radius 1 is 1.32 bits per heavy atom. The number of benzene rings is 1. The summed E-state index contributed by atoms with van der Waals surface area (Å²) >= 11 is 3.33. The van der Waals surface area contributed by atoms with Crippen LogP contribution in [0.15, 0.2) is 35.1 Å². The number of hydroxylamine groups is 2. The smallest absolute Gasteiger partial charge is 0.329 e. The van der Waals surface area contributed by atoms with Crippen molar-refractivity contribution >= 4 is 33.6 Å². The van der Waals surface area contributed by atoms with Crippen LogP contribution in [0.2, 0.25) is 0 Å². The van der Waals surface area contributed by atoms with Gasteiger partial charge < -0.3 is 14.5 Å². The van der Waals surface area contributed by atoms with Crippen molar-refractivity contribution in [2.24, 2.45) is 0 Å². The van der Waals surface area contributed by atoms with Crippen LogP contribution in [0.1, 0.15) is 24.3 Å². The van der Waals surface area contributed by atoms with Crippen molar-refractivity contribution in [2.75, 3.05) is 24.5 Å². The number of anilines is 1. The van der Waals surface area contributed by atoms with E-state index in [4.69, 9.17) is 9.57 Å². The Bertz CT molecular complexity index is 874. The second-order valence-electron chi connectivity index (χ2n) is 6.06. The molecule has 3 rings (SSSR count). The van der Waals surface area contributed by atoms with Gasteiger partial charge in [0.15, 0.2) is 0 Å². The first-order valence-corrected chi connectivity index (χ1v) is 9.35. The summed E-state index contributed by atoms with van der Waals surface area (Å²) in [4.78, 5) is 38.4. The number of nitrogens with zero attached hydrogens (tertiary/aromatic N) is 4. The predicted molar refractivity (Wildman–Crippen MR) is 101 cm³/mol. The fourth-order valence-corrected chi connectivity index (χ4v) is 2.91. The highest BCUT2D eigenvalue weighted by molar-refractivity contribution is 9.10. The van der Waals surface area contributed by atoms with Gasteiger partial charge in [0.1, 0.15) is 29.2 Å². The SMILES string of the molecule is CCN(OC(C)=O)C(=O)c1cnc(N2CC(Oc3cc(F)ccc3Br)C2)cn1. The summed E-state index contributed by atoms with van der Waals surface area (Å²) in [6, 6.07) is 4.27. The molecule has 28 heavy (non-hydrogen) atoms. The first-order valence-electron chi connectivity index (χ1n) is 8.56. The summed E-state index contributed by atoms with van der Waals surface area (Å²) in [5.74, 6) is -0.462. The first kappa shape index (κ1) is 20.0. The van der Waals surface area contributed by atoms with Gasteiger partial charge in [0, 0.05) is 13.0 Å². The number of amides is 1. The number of carbonyl (C=O) groups is 2. The molecule has 2 heterocycles. The van der Waals surface area contributed by atoms with Crippen LogP contribution in [0.25, 0.3) is 0 Å². The van der Waals surface area contributed by atoms with E-state index >= 15 is 0 Å². The maximum atomic E-state index is 13.3. The zero-order valence-electron chi connectivity index (χ0n) is 15.3. The molecule has 1 aromatic heterocycles. The molecule has 1 aliphatic rings. The van der Waals surface area contributed by atoms with Gasteiger partial charge in [0.05, 0.1) is 36.5 Å². The Kier molecular flexibility index (Phi) is 6.08. The van der Waals surface area contributed by atoms with Crippen molar-refractivity contribution in [3.05, 3.63) is 46.6 Å². The lowest BCUT2D eigenvalue weighted by Crippen LogP contribution is -2.54. The molecule has 0 saturated carbocycles. The zero-order valence-corrected chi connectivity index (χ0v) is 16.8. The second-order valence-corrected chi connectivity index (χ2v) is 6.92. The maximum Gasteiger partial charge on any atom is 0.329 e. The van der Waals surface area contributed by atoms with Gasteiger partial charge in [-0.15, -0.1) is 0 Å². The molecule has 0 N–H and O–H groups in total. The van der Waals surface area contributed by atoms with Crippen LogP contribution in [-0.4, -0.2) is 52.6 Å². The van der Waals surface area contributed by atoms with Gasteiger partial charge in [-0.1, -0.05) is 0 Å². The molecular weight excluding hydrogens is 435 g/mol. The fraction of sp³-hybridized carbons (Fsp3) is 0.333. The minimum absolute atomic E-state index is 0.0730. The number of ether oxygens (including phenoxy) is 1. The maximum absolute atomic E-state index is 13.3. The Labute approximate surface area is 169 Å². The topological polar surface area (TPSA) is 84.9 Å². The van der Waals surface area contributed by atoms with Crippen LogP contribution in [0, 0.1) is 5.82 Å². The first-order chi connectivity index (χ1) is 13.4. The summed E-state index contributed by atoms with van der Waals surface area (Å²) < 4.78 is 19.8. The van der Waals surface area contributed by atoms with Crippen LogP contribution in [0.3, 0.4) is 0 Å². The third kappa shape index (κ3) is 4.56. The van der Waals surface area contributed by atoms with Gasteiger partial charge in [-0.05, 0) is 35.0 Å². The predicted octanol–water partition coefficient (Wildman–Crippen LogP) is 2.59. The molecule has 148 valence electrons. The average Bonchev–Trinajstić information content (AvgIpc) is 2.64. The van der Waals surface area contributed by atoms with Crippen molar-refractivity contribution < 1.29 is 23.6 Å². The highest BCUT2D eigenvalue weighted by atomic mass is 79.9. The standard InChI is InChI=1S/C18H18BrFN4O4/c1-3-24(28-11(2)25)18(26)15-7-22-17(8-21-15)23-9-13(10-23)27-16-6-12(20)4-5-14(16)19/h4-8,13H,3,9-10H2,1-2H3. The number of hydrogen-bond donors (Lipinski definition) is 0. The van der Waals surface area contributed by atoms with Crippen molar-refractivity contribution in [2.45, 2.75) is 20.0 Å². The molecule has 1 fully saturated rings. The van der Waals surface area contributed by atoms with Crippen molar-refractivity contribution in [3.63, 3.8) is 0 Å². The third-order valence-corrected chi connectivity index (χ3v) is 4.62. The largest absolute Gasteiger partial charge is 0.485 e. The molecular formula is C18H18BrFN4O4. The molecule has 0 bridgehead atoms. The summed E-state index contributed by atoms with van der Waals surface area (Å²) in [6.45, 7) is 4.21. The van der Waals surface area contributed by atoms with Crippen LogP contribution in [0.5, 0.6) is 5.75 Å². The normalized spacial score (nSPS) is 13.6. The lowest BCUT2D eigenvalue weighted by atomic mass is 10.1. The van der Waals surface area contributed by atoms with Crippen molar-refractivity contribution in [3.8, 4) is 5.75 Å². The van der Waals surface area contributed by atoms with Crippen LogP contribution in [-0.2, 0) is 9.63 Å². The van der Waals surface area contributed by atoms with E-state index in [0.717, 1.165) is 5.06 Å². The molecule has 0 atom stereocenters. The quantitative estimate of drug-likeness (QED) is 0.644. The van der Waals surface area contributed by atoms with Gasteiger partial charge in [0.2, 0.25) is 0 Å². The lowest BCUT2D eigenvalue weighted by molar-refractivity contribution is -0.174. The van der Waals surface area contributed by atoms with Crippen LogP contribution < -0.4 is 9.64 Å². The van der Waals surface area contributed by atoms with Gasteiger partial charge in [-0.25, -0.2) is 14.4 Å². The minimum Gasteiger partial charge on any atom is -0.485 e. The number of aromatic nitrogens is 2. The van der Waals surface area contributed by atoms with E-state index in [1.165, 1.54) is 31.5 Å². The van der Waals surface area contributed by atoms with Crippen LogP contribution >= 0.6 is 15.9 Å². The monoisotopic (exact) mass is 452 g/mol. The highest BCUT2D eigenvalue weighted by Gasteiger charge is 2.30. The van der Waals surface area contributed by atoms with E-state index in [0.29, 0.717) is 29.1 Å². The molecule has 0 spiro atoms. The van der Waals surface area contributed by atoms with E-state index in [1.807, 2.05) is 4.90 Å². The average molecular weight is 453 g/mol. The van der Waals surface area contributed by atoms with E-state index in [2.05, 4.69) is 25.9 Å². The van der Waals surface area contributed by atoms with E-state index < -0.39 is 11.9 Å². The number of hydrogen-bond acceptors (Lipinski definition) is 7. The highest BCUT2D eigenvalue weighted by Crippen LogP contribution is 2.29. The molecule has 1 amide bonds. The summed E-state index contributed by atoms with van der Waals surface area (Å²) in [6.07, 6.45) is 2.70. The Morgan fingerprint density at radius 3 is 2.68 bits per heavy atom. The molecule has 0 aliphatic carbocycles. The van der Waals surface area contributed by atoms with Gasteiger partial charge in [-0.3, -0.25) is 9.59 Å². The summed E-state index contributed by atoms with van der Waals surface area (Å²) in [5, 5.41) is 0.927.